The third-order valence-electron chi connectivity index (χ3n) is 8.51. The van der Waals surface area contributed by atoms with E-state index in [9.17, 15) is 19.8 Å². The molecule has 0 saturated heterocycles. The molecule has 0 heterocycles. The SMILES string of the molecule is C[C@]12CC[C@H]3[C@@H](CCC4=CC(=O)CC[C@@]43CO)[C@@H]1CC[C@@H]2C(=O)CO. The van der Waals surface area contributed by atoms with E-state index < -0.39 is 0 Å². The fourth-order valence-corrected chi connectivity index (χ4v) is 7.30. The predicted octanol–water partition coefficient (Wildman–Crippen LogP) is 2.67. The second kappa shape index (κ2) is 6.02. The molecule has 0 aromatic carbocycles. The molecule has 0 aromatic heterocycles. The van der Waals surface area contributed by atoms with E-state index in [1.807, 2.05) is 6.08 Å². The molecular formula is C21H30O4. The molecule has 4 aliphatic rings. The van der Waals surface area contributed by atoms with Crippen LogP contribution in [-0.2, 0) is 9.59 Å². The Balaban J connectivity index is 1.67. The van der Waals surface area contributed by atoms with Crippen molar-refractivity contribution >= 4 is 11.6 Å². The summed E-state index contributed by atoms with van der Waals surface area (Å²) in [7, 11) is 0. The molecule has 4 nitrogen and oxygen atoms in total. The summed E-state index contributed by atoms with van der Waals surface area (Å²) in [6.07, 6.45) is 9.15. The van der Waals surface area contributed by atoms with Crippen LogP contribution < -0.4 is 0 Å². The maximum Gasteiger partial charge on any atom is 0.161 e. The molecular weight excluding hydrogens is 316 g/mol. The van der Waals surface area contributed by atoms with E-state index in [-0.39, 0.29) is 41.5 Å². The van der Waals surface area contributed by atoms with Crippen LogP contribution in [0.3, 0.4) is 0 Å². The van der Waals surface area contributed by atoms with Crippen molar-refractivity contribution in [2.75, 3.05) is 13.2 Å². The van der Waals surface area contributed by atoms with E-state index in [1.165, 1.54) is 5.57 Å². The lowest BCUT2D eigenvalue weighted by atomic mass is 9.46. The average Bonchev–Trinajstić information content (AvgIpc) is 2.98. The van der Waals surface area contributed by atoms with Crippen LogP contribution in [0.25, 0.3) is 0 Å². The normalized spacial score (nSPS) is 46.0. The zero-order valence-corrected chi connectivity index (χ0v) is 15.2. The van der Waals surface area contributed by atoms with Gasteiger partial charge >= 0.3 is 0 Å². The van der Waals surface area contributed by atoms with Gasteiger partial charge in [0.2, 0.25) is 0 Å². The Morgan fingerprint density at radius 3 is 2.64 bits per heavy atom. The Bertz CT molecular complexity index is 623. The molecule has 0 aliphatic heterocycles. The van der Waals surface area contributed by atoms with Crippen LogP contribution in [0.4, 0.5) is 0 Å². The van der Waals surface area contributed by atoms with Crippen molar-refractivity contribution in [1.29, 1.82) is 0 Å². The number of hydrogen-bond acceptors (Lipinski definition) is 4. The number of aliphatic hydroxyl groups excluding tert-OH is 2. The number of rotatable bonds is 3. The Hall–Kier alpha value is -1.00. The average molecular weight is 346 g/mol. The zero-order valence-electron chi connectivity index (χ0n) is 15.2. The standard InChI is InChI=1S/C21H30O4/c1-20-8-7-17-15(16(20)4-5-18(20)19(25)11-22)3-2-13-10-14(24)6-9-21(13,17)12-23/h10,15-18,22-23H,2-9,11-12H2,1H3/t15-,16-,17-,18+,20-,21+/m0/s1. The Morgan fingerprint density at radius 2 is 1.92 bits per heavy atom. The smallest absolute Gasteiger partial charge is 0.161 e. The third kappa shape index (κ3) is 2.33. The summed E-state index contributed by atoms with van der Waals surface area (Å²) in [6, 6.07) is 0. The van der Waals surface area contributed by atoms with E-state index in [0.717, 1.165) is 44.9 Å². The largest absolute Gasteiger partial charge is 0.395 e. The number of Topliss-reactive ketones (excluding diaryl/α,β-unsaturated/α-hetero) is 1. The van der Waals surface area contributed by atoms with Gasteiger partial charge in [-0.15, -0.1) is 0 Å². The van der Waals surface area contributed by atoms with Crippen LogP contribution in [-0.4, -0.2) is 35.0 Å². The minimum absolute atomic E-state index is 0.00148. The summed E-state index contributed by atoms with van der Waals surface area (Å²) in [5.41, 5.74) is 0.998. The van der Waals surface area contributed by atoms with Gasteiger partial charge in [0.05, 0.1) is 6.61 Å². The monoisotopic (exact) mass is 346 g/mol. The third-order valence-corrected chi connectivity index (χ3v) is 8.51. The van der Waals surface area contributed by atoms with E-state index in [0.29, 0.717) is 24.2 Å². The van der Waals surface area contributed by atoms with Crippen molar-refractivity contribution in [3.05, 3.63) is 11.6 Å². The van der Waals surface area contributed by atoms with Gasteiger partial charge in [0.25, 0.3) is 0 Å². The van der Waals surface area contributed by atoms with E-state index in [1.54, 1.807) is 0 Å². The summed E-state index contributed by atoms with van der Waals surface area (Å²) >= 11 is 0. The Labute approximate surface area is 149 Å². The lowest BCUT2D eigenvalue weighted by molar-refractivity contribution is -0.134. The van der Waals surface area contributed by atoms with Gasteiger partial charge in [0.1, 0.15) is 6.61 Å². The lowest BCUT2D eigenvalue weighted by Gasteiger charge is -2.58. The van der Waals surface area contributed by atoms with E-state index in [2.05, 4.69) is 6.92 Å². The van der Waals surface area contributed by atoms with Crippen molar-refractivity contribution in [2.45, 2.75) is 58.3 Å². The van der Waals surface area contributed by atoms with Crippen molar-refractivity contribution in [2.24, 2.45) is 34.5 Å². The van der Waals surface area contributed by atoms with Crippen molar-refractivity contribution in [3.8, 4) is 0 Å². The highest BCUT2D eigenvalue weighted by Crippen LogP contribution is 2.66. The van der Waals surface area contributed by atoms with Crippen LogP contribution in [0.15, 0.2) is 11.6 Å². The molecule has 0 bridgehead atoms. The summed E-state index contributed by atoms with van der Waals surface area (Å²) in [6.45, 7) is 2.08. The van der Waals surface area contributed by atoms with Crippen LogP contribution in [0.5, 0.6) is 0 Å². The highest BCUT2D eigenvalue weighted by atomic mass is 16.3. The molecule has 0 radical (unpaired) electrons. The minimum atomic E-state index is -0.337. The van der Waals surface area contributed by atoms with Crippen LogP contribution in [0.2, 0.25) is 0 Å². The minimum Gasteiger partial charge on any atom is -0.395 e. The van der Waals surface area contributed by atoms with Crippen LogP contribution in [0.1, 0.15) is 58.3 Å². The number of carbonyl (C=O) groups excluding carboxylic acids is 2. The molecule has 4 rings (SSSR count). The number of carbonyl (C=O) groups is 2. The van der Waals surface area contributed by atoms with E-state index in [4.69, 9.17) is 0 Å². The number of aliphatic hydroxyl groups is 2. The van der Waals surface area contributed by atoms with Gasteiger partial charge < -0.3 is 10.2 Å². The van der Waals surface area contributed by atoms with E-state index >= 15 is 0 Å². The first-order chi connectivity index (χ1) is 12.0. The van der Waals surface area contributed by atoms with Gasteiger partial charge in [-0.1, -0.05) is 12.5 Å². The first-order valence-electron chi connectivity index (χ1n) is 9.94. The highest BCUT2D eigenvalue weighted by molar-refractivity contribution is 5.91. The molecule has 0 unspecified atom stereocenters. The molecule has 0 amide bonds. The molecule has 4 aliphatic carbocycles. The first kappa shape index (κ1) is 17.4. The van der Waals surface area contributed by atoms with Crippen LogP contribution in [0, 0.1) is 34.5 Å². The summed E-state index contributed by atoms with van der Waals surface area (Å²) < 4.78 is 0. The molecule has 0 spiro atoms. The number of ketones is 2. The topological polar surface area (TPSA) is 74.6 Å². The van der Waals surface area contributed by atoms with Gasteiger partial charge in [0, 0.05) is 17.8 Å². The summed E-state index contributed by atoms with van der Waals surface area (Å²) in [5.74, 6) is 1.71. The molecule has 25 heavy (non-hydrogen) atoms. The van der Waals surface area contributed by atoms with Crippen molar-refractivity contribution < 1.29 is 19.8 Å². The van der Waals surface area contributed by atoms with Gasteiger partial charge in [-0.05, 0) is 74.2 Å². The highest BCUT2D eigenvalue weighted by Gasteiger charge is 2.60. The van der Waals surface area contributed by atoms with Crippen LogP contribution >= 0.6 is 0 Å². The fraction of sp³-hybridized carbons (Fsp3) is 0.810. The van der Waals surface area contributed by atoms with Gasteiger partial charge in [0.15, 0.2) is 11.6 Å². The molecule has 138 valence electrons. The maximum absolute atomic E-state index is 12.3. The summed E-state index contributed by atoms with van der Waals surface area (Å²) in [4.78, 5) is 24.2. The second-order valence-electron chi connectivity index (χ2n) is 9.16. The second-order valence-corrected chi connectivity index (χ2v) is 9.16. The molecule has 6 atom stereocenters. The fourth-order valence-electron chi connectivity index (χ4n) is 7.30. The quantitative estimate of drug-likeness (QED) is 0.824. The number of fused-ring (bicyclic) bond motifs is 5. The molecule has 0 aromatic rings. The molecule has 3 fully saturated rings. The van der Waals surface area contributed by atoms with Crippen molar-refractivity contribution in [1.82, 2.24) is 0 Å². The lowest BCUT2D eigenvalue weighted by Crippen LogP contribution is -2.53. The van der Waals surface area contributed by atoms with Gasteiger partial charge in [-0.3, -0.25) is 9.59 Å². The molecule has 2 N–H and O–H groups in total. The Morgan fingerprint density at radius 1 is 1.12 bits per heavy atom. The Kier molecular flexibility index (Phi) is 4.19. The first-order valence-corrected chi connectivity index (χ1v) is 9.94. The summed E-state index contributed by atoms with van der Waals surface area (Å²) in [5, 5.41) is 19.7. The number of hydrogen-bond donors (Lipinski definition) is 2. The van der Waals surface area contributed by atoms with Gasteiger partial charge in [-0.25, -0.2) is 0 Å². The molecule has 4 heteroatoms. The van der Waals surface area contributed by atoms with Crippen molar-refractivity contribution in [3.63, 3.8) is 0 Å². The molecule has 3 saturated carbocycles. The van der Waals surface area contributed by atoms with Gasteiger partial charge in [-0.2, -0.15) is 0 Å². The predicted molar refractivity (Wildman–Crippen MR) is 93.7 cm³/mol. The zero-order chi connectivity index (χ0) is 17.8. The maximum atomic E-state index is 12.3.